The zero-order valence-corrected chi connectivity index (χ0v) is 25.7. The van der Waals surface area contributed by atoms with Crippen molar-refractivity contribution in [2.45, 2.75) is 13.0 Å². The average Bonchev–Trinajstić information content (AvgIpc) is 3.70. The molecule has 0 saturated carbocycles. The van der Waals surface area contributed by atoms with Crippen molar-refractivity contribution in [3.8, 4) is 17.2 Å². The van der Waals surface area contributed by atoms with Crippen molar-refractivity contribution in [3.63, 3.8) is 0 Å². The van der Waals surface area contributed by atoms with Gasteiger partial charge in [-0.25, -0.2) is 14.6 Å². The number of para-hydroxylation sites is 1. The maximum atomic E-state index is 14.0. The van der Waals surface area contributed by atoms with Crippen molar-refractivity contribution >= 4 is 29.4 Å². The molecule has 1 aliphatic rings. The molecule has 3 aromatic carbocycles. The molecule has 1 aliphatic heterocycles. The lowest BCUT2D eigenvalue weighted by Crippen LogP contribution is -2.40. The Kier molecular flexibility index (Phi) is 9.04. The van der Waals surface area contributed by atoms with Gasteiger partial charge in [-0.1, -0.05) is 53.8 Å². The fraction of sp³-hybridized carbons (Fsp3) is 0.143. The predicted octanol–water partition coefficient (Wildman–Crippen LogP) is 5.03. The Balaban J connectivity index is 1.37. The van der Waals surface area contributed by atoms with E-state index >= 15 is 0 Å². The molecule has 3 heterocycles. The number of thiazole rings is 1. The van der Waals surface area contributed by atoms with E-state index in [1.807, 2.05) is 54.6 Å². The van der Waals surface area contributed by atoms with Crippen LogP contribution in [-0.4, -0.2) is 36.8 Å². The summed E-state index contributed by atoms with van der Waals surface area (Å²) in [6.45, 7) is 1.96. The highest BCUT2D eigenvalue weighted by molar-refractivity contribution is 7.07. The average molecular weight is 637 g/mol. The molecule has 0 N–H and O–H groups in total. The number of rotatable bonds is 10. The zero-order chi connectivity index (χ0) is 32.0. The van der Waals surface area contributed by atoms with E-state index < -0.39 is 18.0 Å². The number of hydrogen-bond acceptors (Lipinski definition) is 10. The quantitative estimate of drug-likeness (QED) is 0.119. The standard InChI is InChI=1S/C35H28N2O8S/c1-22-30(34(40)43-19-18-41-2)31(24-13-15-26(16-14-24)45-33(39)28-12-7-17-42-28)37-32(38)29(46-35(37)36-22)21-23-8-6-11-27(20-23)44-25-9-4-3-5-10-25/h3-17,20-21,31H,18-19H2,1-2H3. The molecule has 5 aromatic rings. The number of esters is 2. The number of hydrogen-bond donors (Lipinski definition) is 0. The minimum Gasteiger partial charge on any atom is -0.460 e. The van der Waals surface area contributed by atoms with Gasteiger partial charge in [0.2, 0.25) is 5.76 Å². The van der Waals surface area contributed by atoms with Gasteiger partial charge in [-0.2, -0.15) is 0 Å². The fourth-order valence-electron chi connectivity index (χ4n) is 4.91. The second-order valence-corrected chi connectivity index (χ2v) is 11.1. The van der Waals surface area contributed by atoms with Crippen molar-refractivity contribution in [1.82, 2.24) is 4.57 Å². The van der Waals surface area contributed by atoms with Gasteiger partial charge in [-0.3, -0.25) is 9.36 Å². The van der Waals surface area contributed by atoms with Crippen LogP contribution >= 0.6 is 11.3 Å². The van der Waals surface area contributed by atoms with Gasteiger partial charge >= 0.3 is 11.9 Å². The van der Waals surface area contributed by atoms with Crippen LogP contribution in [0.3, 0.4) is 0 Å². The summed E-state index contributed by atoms with van der Waals surface area (Å²) in [6, 6.07) is 25.6. The summed E-state index contributed by atoms with van der Waals surface area (Å²) < 4.78 is 28.9. The molecule has 1 atom stereocenters. The number of aromatic nitrogens is 1. The molecule has 46 heavy (non-hydrogen) atoms. The predicted molar refractivity (Wildman–Crippen MR) is 170 cm³/mol. The van der Waals surface area contributed by atoms with E-state index in [0.29, 0.717) is 32.1 Å². The van der Waals surface area contributed by atoms with Crippen LogP contribution in [0.1, 0.15) is 34.6 Å². The number of fused-ring (bicyclic) bond motifs is 1. The Morgan fingerprint density at radius 3 is 2.43 bits per heavy atom. The van der Waals surface area contributed by atoms with E-state index in [1.54, 1.807) is 43.3 Å². The summed E-state index contributed by atoms with van der Waals surface area (Å²) >= 11 is 1.22. The minimum absolute atomic E-state index is 0.0340. The van der Waals surface area contributed by atoms with Crippen molar-refractivity contribution in [1.29, 1.82) is 0 Å². The van der Waals surface area contributed by atoms with Gasteiger partial charge in [-0.15, -0.1) is 0 Å². The first-order valence-corrected chi connectivity index (χ1v) is 15.1. The van der Waals surface area contributed by atoms with Gasteiger partial charge < -0.3 is 23.4 Å². The molecule has 10 nitrogen and oxygen atoms in total. The van der Waals surface area contributed by atoms with Crippen LogP contribution in [0, 0.1) is 0 Å². The van der Waals surface area contributed by atoms with Crippen LogP contribution in [0.4, 0.5) is 0 Å². The Morgan fingerprint density at radius 2 is 1.70 bits per heavy atom. The van der Waals surface area contributed by atoms with Crippen LogP contribution in [0.15, 0.2) is 123 Å². The molecular formula is C35H28N2O8S. The molecule has 0 spiro atoms. The molecule has 0 saturated heterocycles. The molecular weight excluding hydrogens is 608 g/mol. The maximum absolute atomic E-state index is 14.0. The number of benzene rings is 3. The lowest BCUT2D eigenvalue weighted by atomic mass is 9.96. The molecule has 6 rings (SSSR count). The van der Waals surface area contributed by atoms with Gasteiger partial charge in [0.1, 0.15) is 23.9 Å². The number of methoxy groups -OCH3 is 1. The maximum Gasteiger partial charge on any atom is 0.379 e. The fourth-order valence-corrected chi connectivity index (χ4v) is 5.95. The van der Waals surface area contributed by atoms with Crippen molar-refractivity contribution in [2.75, 3.05) is 20.3 Å². The van der Waals surface area contributed by atoms with E-state index in [2.05, 4.69) is 4.99 Å². The van der Waals surface area contributed by atoms with E-state index in [0.717, 1.165) is 5.56 Å². The third-order valence-corrected chi connectivity index (χ3v) is 8.01. The molecule has 0 fully saturated rings. The summed E-state index contributed by atoms with van der Waals surface area (Å²) in [6.07, 6.45) is 3.15. The first-order chi connectivity index (χ1) is 22.4. The van der Waals surface area contributed by atoms with Crippen LogP contribution < -0.4 is 24.4 Å². The number of allylic oxidation sites excluding steroid dienone is 1. The number of carbonyl (C=O) groups is 2. The number of carbonyl (C=O) groups excluding carboxylic acids is 2. The molecule has 0 bridgehead atoms. The van der Waals surface area contributed by atoms with Gasteiger partial charge in [0.15, 0.2) is 4.80 Å². The largest absolute Gasteiger partial charge is 0.460 e. The Bertz CT molecular complexity index is 2080. The Morgan fingerprint density at radius 1 is 0.913 bits per heavy atom. The third-order valence-electron chi connectivity index (χ3n) is 7.03. The number of nitrogens with zero attached hydrogens (tertiary/aromatic N) is 2. The highest BCUT2D eigenvalue weighted by atomic mass is 32.1. The van der Waals surface area contributed by atoms with Gasteiger partial charge in [0.05, 0.1) is 34.7 Å². The van der Waals surface area contributed by atoms with Crippen molar-refractivity contribution in [2.24, 2.45) is 4.99 Å². The monoisotopic (exact) mass is 636 g/mol. The summed E-state index contributed by atoms with van der Waals surface area (Å²) in [5, 5.41) is 0. The molecule has 2 aromatic heterocycles. The summed E-state index contributed by atoms with van der Waals surface area (Å²) in [4.78, 5) is 44.9. The molecule has 1 unspecified atom stereocenters. The summed E-state index contributed by atoms with van der Waals surface area (Å²) in [5.41, 5.74) is 1.66. The lowest BCUT2D eigenvalue weighted by Gasteiger charge is -2.25. The second-order valence-electron chi connectivity index (χ2n) is 10.1. The van der Waals surface area contributed by atoms with Gasteiger partial charge in [0, 0.05) is 7.11 Å². The molecule has 232 valence electrons. The Labute approximate surface area is 267 Å². The second kappa shape index (κ2) is 13.6. The SMILES string of the molecule is COCCOC(=O)C1=C(C)N=c2sc(=Cc3cccc(Oc4ccccc4)c3)c(=O)n2C1c1ccc(OC(=O)c2ccco2)cc1. The van der Waals surface area contributed by atoms with Crippen LogP contribution in [0.2, 0.25) is 0 Å². The van der Waals surface area contributed by atoms with E-state index in [4.69, 9.17) is 23.4 Å². The highest BCUT2D eigenvalue weighted by Gasteiger charge is 2.33. The van der Waals surface area contributed by atoms with Gasteiger partial charge in [0.25, 0.3) is 5.56 Å². The normalized spacial score (nSPS) is 14.4. The summed E-state index contributed by atoms with van der Waals surface area (Å²) in [5.74, 6) is 0.378. The van der Waals surface area contributed by atoms with Crippen LogP contribution in [-0.2, 0) is 14.3 Å². The van der Waals surface area contributed by atoms with Crippen LogP contribution in [0.25, 0.3) is 6.08 Å². The highest BCUT2D eigenvalue weighted by Crippen LogP contribution is 2.32. The number of furan rings is 1. The van der Waals surface area contributed by atoms with E-state index in [1.165, 1.54) is 35.3 Å². The first kappa shape index (κ1) is 30.5. The van der Waals surface area contributed by atoms with E-state index in [9.17, 15) is 14.4 Å². The first-order valence-electron chi connectivity index (χ1n) is 14.3. The molecule has 0 radical (unpaired) electrons. The van der Waals surface area contributed by atoms with Crippen molar-refractivity contribution in [3.05, 3.63) is 145 Å². The number of ether oxygens (including phenoxy) is 4. The third kappa shape index (κ3) is 6.60. The molecule has 0 amide bonds. The van der Waals surface area contributed by atoms with E-state index in [-0.39, 0.29) is 35.9 Å². The zero-order valence-electron chi connectivity index (χ0n) is 24.9. The Hall–Kier alpha value is -5.52. The lowest BCUT2D eigenvalue weighted by molar-refractivity contribution is -0.140. The smallest absolute Gasteiger partial charge is 0.379 e. The topological polar surface area (TPSA) is 119 Å². The summed E-state index contributed by atoms with van der Waals surface area (Å²) in [7, 11) is 1.51. The minimum atomic E-state index is -0.851. The molecule has 0 aliphatic carbocycles. The van der Waals surface area contributed by atoms with Crippen molar-refractivity contribution < 1.29 is 33.0 Å². The van der Waals surface area contributed by atoms with Crippen LogP contribution in [0.5, 0.6) is 17.2 Å². The van der Waals surface area contributed by atoms with Gasteiger partial charge in [-0.05, 0) is 72.7 Å². The molecule has 11 heteroatoms.